The summed E-state index contributed by atoms with van der Waals surface area (Å²) in [6.45, 7) is 48.4. The van der Waals surface area contributed by atoms with E-state index in [2.05, 4.69) is 213 Å². The first-order valence-electron chi connectivity index (χ1n) is 35.7. The average molecular weight is 1340 g/mol. The van der Waals surface area contributed by atoms with E-state index in [1.807, 2.05) is 36.4 Å². The summed E-state index contributed by atoms with van der Waals surface area (Å²) in [4.78, 5) is 36.1. The molecule has 0 N–H and O–H groups in total. The minimum absolute atomic E-state index is 0.0769. The lowest BCUT2D eigenvalue weighted by atomic mass is 9.70. The van der Waals surface area contributed by atoms with Gasteiger partial charge in [0.15, 0.2) is 0 Å². The quantitative estimate of drug-likeness (QED) is 0.0973. The number of aliphatic imine (C=N–C) groups is 2. The van der Waals surface area contributed by atoms with Gasteiger partial charge in [-0.2, -0.15) is 0 Å². The minimum atomic E-state index is -0.545. The highest BCUT2D eigenvalue weighted by molar-refractivity contribution is 5.94. The Morgan fingerprint density at radius 3 is 0.920 bits per heavy atom. The zero-order valence-corrected chi connectivity index (χ0v) is 63.8. The summed E-state index contributed by atoms with van der Waals surface area (Å²) in [5.41, 5.74) is 16.1. The third kappa shape index (κ3) is 13.8. The van der Waals surface area contributed by atoms with Crippen LogP contribution in [-0.2, 0) is 52.8 Å². The van der Waals surface area contributed by atoms with E-state index in [0.717, 1.165) is 138 Å². The van der Waals surface area contributed by atoms with Gasteiger partial charge in [0.25, 0.3) is 0 Å². The fourth-order valence-electron chi connectivity index (χ4n) is 14.4. The average Bonchev–Trinajstić information content (AvgIpc) is 0.720. The van der Waals surface area contributed by atoms with Crippen molar-refractivity contribution in [2.75, 3.05) is 14.2 Å². The van der Waals surface area contributed by atoms with Crippen LogP contribution in [0, 0.1) is 0 Å². The molecule has 8 aromatic carbocycles. The van der Waals surface area contributed by atoms with Crippen LogP contribution >= 0.6 is 0 Å². The monoisotopic (exact) mass is 1340 g/mol. The molecule has 0 spiro atoms. The Bertz CT molecular complexity index is 4320. The van der Waals surface area contributed by atoms with Crippen molar-refractivity contribution in [2.45, 2.75) is 233 Å². The SMILES string of the molecule is COC(=O)c1ccc(-c2cc(C(C)(C)C)cc3c2Oc2c(-c4cc(C=N[C@@H]5CCCC[C@H]5N=Cc5cc(-c6cc(C(C)(C)C)cc7c6Oc6c(-c8ccc(C(=O)OC)cc8)cc(C(C)(C)C)cc6C7(C)C)cc(C(C)(C)C)c5[O-])c([O-])c(C(C)(C)C)c4)cc(C(C)(C)C)cc2C3(C)C)cc1. The van der Waals surface area contributed by atoms with Crippen LogP contribution in [0.1, 0.15) is 265 Å². The molecule has 2 heterocycles. The number of hydrogen-bond acceptors (Lipinski definition) is 10. The zero-order chi connectivity index (χ0) is 73.1. The summed E-state index contributed by atoms with van der Waals surface area (Å²) in [5, 5.41) is 30.3. The van der Waals surface area contributed by atoms with Gasteiger partial charge >= 0.3 is 11.9 Å². The highest BCUT2D eigenvalue weighted by Gasteiger charge is 2.43. The van der Waals surface area contributed by atoms with E-state index in [1.54, 1.807) is 36.7 Å². The highest BCUT2D eigenvalue weighted by Crippen LogP contribution is 2.59. The Kier molecular flexibility index (Phi) is 18.6. The molecular formula is C90H104N2O8-2. The van der Waals surface area contributed by atoms with Crippen molar-refractivity contribution >= 4 is 24.4 Å². The third-order valence-corrected chi connectivity index (χ3v) is 21.1. The Balaban J connectivity index is 1.01. The molecule has 8 aromatic rings. The Morgan fingerprint density at radius 2 is 0.670 bits per heavy atom. The van der Waals surface area contributed by atoms with Gasteiger partial charge in [0, 0.05) is 67.8 Å². The number of hydrogen-bond donors (Lipinski definition) is 0. The van der Waals surface area contributed by atoms with Crippen LogP contribution in [0.5, 0.6) is 34.5 Å². The summed E-state index contributed by atoms with van der Waals surface area (Å²) < 4.78 is 25.1. The standard InChI is InChI=1S/C90H106N2O8/c1-83(2,3)59-41-63(51-29-33-53(34-30-51)81(95)97-23)77-69(45-59)89(19,20)71-47-61(85(7,8)9)43-65(79(71)99-77)55-37-57(75(93)67(39-55)87(13,14)15)49-91-73-27-25-26-28-74(73)92-50-58-38-56(40-68(76(58)94)88(16,17)18)66-44-62(86(10,11)12)48-72-80(66)100-78-64(52-31-35-54(36-32-52)82(96)98-24)42-60(84(4,5)6)46-70(78)90(72,21)22/h29-50,73-74,93-94H,25-28H2,1-24H3/p-2/t73-,74-/m1/s1. The van der Waals surface area contributed by atoms with Gasteiger partial charge in [-0.15, -0.1) is 0 Å². The molecule has 0 radical (unpaired) electrons. The summed E-state index contributed by atoms with van der Waals surface area (Å²) in [5.74, 6) is 2.01. The van der Waals surface area contributed by atoms with E-state index in [4.69, 9.17) is 28.9 Å². The van der Waals surface area contributed by atoms with Gasteiger partial charge in [-0.1, -0.05) is 237 Å². The lowest BCUT2D eigenvalue weighted by Crippen LogP contribution is -2.28. The number of esters is 2. The molecule has 524 valence electrons. The maximum atomic E-state index is 15.1. The fraction of sp³-hybridized carbons (Fsp3) is 0.422. The number of carbonyl (C=O) groups is 2. The molecule has 2 atom stereocenters. The summed E-state index contributed by atoms with van der Waals surface area (Å²) in [7, 11) is 2.79. The van der Waals surface area contributed by atoms with E-state index in [0.29, 0.717) is 33.4 Å². The zero-order valence-electron chi connectivity index (χ0n) is 63.8. The normalized spacial score (nSPS) is 16.8. The molecular weight excluding hydrogens is 1240 g/mol. The summed E-state index contributed by atoms with van der Waals surface area (Å²) in [6.07, 6.45) is 7.00. The Morgan fingerprint density at radius 1 is 0.400 bits per heavy atom. The van der Waals surface area contributed by atoms with E-state index >= 15 is 10.2 Å². The fourth-order valence-corrected chi connectivity index (χ4v) is 14.4. The van der Waals surface area contributed by atoms with Gasteiger partial charge in [0.1, 0.15) is 23.0 Å². The number of ether oxygens (including phenoxy) is 4. The second kappa shape index (κ2) is 25.7. The van der Waals surface area contributed by atoms with Crippen molar-refractivity contribution in [1.29, 1.82) is 0 Å². The van der Waals surface area contributed by atoms with Gasteiger partial charge < -0.3 is 29.2 Å². The van der Waals surface area contributed by atoms with Crippen LogP contribution in [0.2, 0.25) is 0 Å². The van der Waals surface area contributed by atoms with E-state index in [1.165, 1.54) is 14.2 Å². The molecule has 2 aliphatic heterocycles. The molecule has 1 saturated carbocycles. The molecule has 11 rings (SSSR count). The molecule has 10 heteroatoms. The van der Waals surface area contributed by atoms with Gasteiger partial charge in [-0.3, -0.25) is 9.98 Å². The van der Waals surface area contributed by atoms with Gasteiger partial charge in [0.2, 0.25) is 0 Å². The molecule has 1 aliphatic carbocycles. The maximum Gasteiger partial charge on any atom is 0.337 e. The third-order valence-electron chi connectivity index (χ3n) is 21.1. The smallest absolute Gasteiger partial charge is 0.337 e. The highest BCUT2D eigenvalue weighted by atomic mass is 16.5. The Hall–Kier alpha value is -8.76. The number of nitrogens with zero attached hydrogens (tertiary/aromatic N) is 2. The lowest BCUT2D eigenvalue weighted by molar-refractivity contribution is -0.270. The molecule has 0 bridgehead atoms. The first kappa shape index (κ1) is 72.5. The van der Waals surface area contributed by atoms with Crippen LogP contribution in [0.25, 0.3) is 44.5 Å². The summed E-state index contributed by atoms with van der Waals surface area (Å²) in [6, 6.07) is 40.8. The minimum Gasteiger partial charge on any atom is -0.872 e. The lowest BCUT2D eigenvalue weighted by Gasteiger charge is -2.39. The number of rotatable bonds is 10. The molecule has 0 saturated heterocycles. The van der Waals surface area contributed by atoms with Gasteiger partial charge in [-0.25, -0.2) is 9.59 Å². The first-order valence-corrected chi connectivity index (χ1v) is 35.7. The van der Waals surface area contributed by atoms with E-state index in [9.17, 15) is 9.59 Å². The molecule has 0 aromatic heterocycles. The van der Waals surface area contributed by atoms with Gasteiger partial charge in [-0.05, 0) is 173 Å². The molecule has 0 unspecified atom stereocenters. The van der Waals surface area contributed by atoms with Crippen molar-refractivity contribution < 1.29 is 38.7 Å². The predicted molar refractivity (Wildman–Crippen MR) is 407 cm³/mol. The first-order chi connectivity index (χ1) is 46.4. The van der Waals surface area contributed by atoms with Crippen molar-refractivity contribution in [3.63, 3.8) is 0 Å². The number of benzene rings is 8. The second-order valence-electron chi connectivity index (χ2n) is 35.6. The molecule has 100 heavy (non-hydrogen) atoms. The van der Waals surface area contributed by atoms with Crippen molar-refractivity contribution in [3.05, 3.63) is 199 Å². The topological polar surface area (TPSA) is 142 Å². The molecule has 0 amide bonds. The summed E-state index contributed by atoms with van der Waals surface area (Å²) >= 11 is 0. The molecule has 3 aliphatic rings. The number of methoxy groups -OCH3 is 2. The van der Waals surface area contributed by atoms with Crippen LogP contribution in [0.3, 0.4) is 0 Å². The second-order valence-corrected chi connectivity index (χ2v) is 35.6. The van der Waals surface area contributed by atoms with Crippen LogP contribution in [0.4, 0.5) is 0 Å². The van der Waals surface area contributed by atoms with Gasteiger partial charge in [0.05, 0.1) is 37.4 Å². The Labute approximate surface area is 595 Å². The van der Waals surface area contributed by atoms with Crippen LogP contribution in [-0.4, -0.2) is 50.7 Å². The van der Waals surface area contributed by atoms with Crippen molar-refractivity contribution in [3.8, 4) is 79.0 Å². The van der Waals surface area contributed by atoms with Crippen molar-refractivity contribution in [2.24, 2.45) is 9.98 Å². The number of carbonyl (C=O) groups excluding carboxylic acids is 2. The van der Waals surface area contributed by atoms with E-state index < -0.39 is 33.6 Å². The maximum absolute atomic E-state index is 15.1. The van der Waals surface area contributed by atoms with Crippen molar-refractivity contribution in [1.82, 2.24) is 0 Å². The molecule has 10 nitrogen and oxygen atoms in total. The molecule has 1 fully saturated rings. The van der Waals surface area contributed by atoms with Crippen LogP contribution < -0.4 is 19.7 Å². The van der Waals surface area contributed by atoms with Crippen LogP contribution in [0.15, 0.2) is 131 Å². The van der Waals surface area contributed by atoms with E-state index in [-0.39, 0.29) is 45.2 Å². The largest absolute Gasteiger partial charge is 0.872 e. The number of fused-ring (bicyclic) bond motifs is 4. The predicted octanol–water partition coefficient (Wildman–Crippen LogP) is 21.6.